The molecular formula is C20H19N3O2S. The molecule has 132 valence electrons. The van der Waals surface area contributed by atoms with Crippen LogP contribution in [0.4, 0.5) is 11.4 Å². The molecule has 5 nitrogen and oxygen atoms in total. The topological polar surface area (TPSA) is 70.6 Å². The predicted octanol–water partition coefficient (Wildman–Crippen LogP) is 4.24. The van der Waals surface area contributed by atoms with E-state index >= 15 is 0 Å². The van der Waals surface area contributed by atoms with E-state index in [0.29, 0.717) is 11.3 Å². The summed E-state index contributed by atoms with van der Waals surface area (Å²) in [5, 5.41) is 4.18. The van der Waals surface area contributed by atoms with Crippen LogP contribution >= 0.6 is 0 Å². The Bertz CT molecular complexity index is 999. The van der Waals surface area contributed by atoms with Crippen molar-refractivity contribution in [3.63, 3.8) is 0 Å². The van der Waals surface area contributed by atoms with Gasteiger partial charge in [0.2, 0.25) is 0 Å². The number of hydrogen-bond acceptors (Lipinski definition) is 4. The van der Waals surface area contributed by atoms with E-state index in [1.165, 1.54) is 0 Å². The lowest BCUT2D eigenvalue weighted by Gasteiger charge is -2.10. The Morgan fingerprint density at radius 2 is 1.50 bits per heavy atom. The highest BCUT2D eigenvalue weighted by Gasteiger charge is 2.15. The van der Waals surface area contributed by atoms with Gasteiger partial charge in [-0.1, -0.05) is 54.1 Å². The number of nitrogens with one attached hydrogen (secondary N) is 2. The number of sulfonamides is 1. The molecule has 0 unspecified atom stereocenters. The summed E-state index contributed by atoms with van der Waals surface area (Å²) >= 11 is 0. The number of benzene rings is 3. The first-order chi connectivity index (χ1) is 12.5. The van der Waals surface area contributed by atoms with Gasteiger partial charge in [-0.3, -0.25) is 10.1 Å². The summed E-state index contributed by atoms with van der Waals surface area (Å²) in [6.07, 6.45) is 1.58. The number of rotatable bonds is 6. The Hall–Kier alpha value is -3.12. The highest BCUT2D eigenvalue weighted by atomic mass is 32.2. The molecule has 3 aromatic rings. The fourth-order valence-electron chi connectivity index (χ4n) is 2.31. The van der Waals surface area contributed by atoms with Crippen molar-refractivity contribution in [1.29, 1.82) is 0 Å². The van der Waals surface area contributed by atoms with Crippen LogP contribution in [0.5, 0.6) is 0 Å². The van der Waals surface area contributed by atoms with Gasteiger partial charge in [0, 0.05) is 5.56 Å². The van der Waals surface area contributed by atoms with Gasteiger partial charge in [0.15, 0.2) is 0 Å². The van der Waals surface area contributed by atoms with Crippen LogP contribution in [-0.4, -0.2) is 14.6 Å². The lowest BCUT2D eigenvalue weighted by molar-refractivity contribution is 0.601. The molecule has 3 aromatic carbocycles. The van der Waals surface area contributed by atoms with Crippen molar-refractivity contribution in [3.05, 3.63) is 90.0 Å². The minimum Gasteiger partial charge on any atom is -0.279 e. The monoisotopic (exact) mass is 365 g/mol. The van der Waals surface area contributed by atoms with Crippen molar-refractivity contribution in [2.45, 2.75) is 11.8 Å². The Labute approximate surface area is 153 Å². The summed E-state index contributed by atoms with van der Waals surface area (Å²) in [5.41, 5.74) is 5.89. The first-order valence-electron chi connectivity index (χ1n) is 8.07. The van der Waals surface area contributed by atoms with E-state index < -0.39 is 10.0 Å². The highest BCUT2D eigenvalue weighted by Crippen LogP contribution is 2.19. The molecule has 0 radical (unpaired) electrons. The molecule has 0 saturated carbocycles. The van der Waals surface area contributed by atoms with Gasteiger partial charge in [0.1, 0.15) is 0 Å². The van der Waals surface area contributed by atoms with E-state index in [-0.39, 0.29) is 4.90 Å². The molecular weight excluding hydrogens is 346 g/mol. The zero-order valence-corrected chi connectivity index (χ0v) is 15.1. The van der Waals surface area contributed by atoms with Crippen LogP contribution in [0.15, 0.2) is 88.9 Å². The van der Waals surface area contributed by atoms with E-state index in [1.807, 2.05) is 43.3 Å². The second-order valence-electron chi connectivity index (χ2n) is 5.74. The summed E-state index contributed by atoms with van der Waals surface area (Å²) < 4.78 is 27.8. The molecule has 0 spiro atoms. The maximum Gasteiger partial charge on any atom is 0.261 e. The quantitative estimate of drug-likeness (QED) is 0.507. The molecule has 0 aromatic heterocycles. The Morgan fingerprint density at radius 1 is 0.846 bits per heavy atom. The van der Waals surface area contributed by atoms with Crippen molar-refractivity contribution < 1.29 is 8.42 Å². The van der Waals surface area contributed by atoms with Gasteiger partial charge in [-0.2, -0.15) is 5.10 Å². The van der Waals surface area contributed by atoms with Crippen LogP contribution in [0.2, 0.25) is 0 Å². The van der Waals surface area contributed by atoms with Crippen LogP contribution in [0.25, 0.3) is 0 Å². The number of aryl methyl sites for hydroxylation is 1. The summed E-state index contributed by atoms with van der Waals surface area (Å²) in [6.45, 7) is 1.91. The Balaban J connectivity index is 1.79. The summed E-state index contributed by atoms with van der Waals surface area (Å²) in [7, 11) is -3.66. The Kier molecular flexibility index (Phi) is 5.34. The number of hydrazone groups is 1. The molecule has 3 rings (SSSR count). The third-order valence-corrected chi connectivity index (χ3v) is 5.09. The van der Waals surface area contributed by atoms with Crippen LogP contribution in [0.3, 0.4) is 0 Å². The maximum atomic E-state index is 12.6. The first kappa shape index (κ1) is 17.7. The van der Waals surface area contributed by atoms with E-state index in [0.717, 1.165) is 11.3 Å². The molecule has 0 bridgehead atoms. The minimum absolute atomic E-state index is 0.220. The average molecular weight is 365 g/mol. The average Bonchev–Trinajstić information content (AvgIpc) is 2.64. The third kappa shape index (κ3) is 4.49. The molecule has 0 fully saturated rings. The first-order valence-corrected chi connectivity index (χ1v) is 9.55. The smallest absolute Gasteiger partial charge is 0.261 e. The second kappa shape index (κ2) is 7.84. The maximum absolute atomic E-state index is 12.6. The van der Waals surface area contributed by atoms with Crippen molar-refractivity contribution in [2.75, 3.05) is 10.1 Å². The lowest BCUT2D eigenvalue weighted by atomic mass is 10.2. The van der Waals surface area contributed by atoms with Gasteiger partial charge in [-0.25, -0.2) is 8.42 Å². The number of para-hydroxylation sites is 2. The van der Waals surface area contributed by atoms with Gasteiger partial charge >= 0.3 is 0 Å². The zero-order chi connectivity index (χ0) is 18.4. The van der Waals surface area contributed by atoms with Crippen molar-refractivity contribution in [2.24, 2.45) is 5.10 Å². The molecule has 0 saturated heterocycles. The van der Waals surface area contributed by atoms with Gasteiger partial charge in [0.25, 0.3) is 10.0 Å². The molecule has 26 heavy (non-hydrogen) atoms. The van der Waals surface area contributed by atoms with Crippen molar-refractivity contribution >= 4 is 27.6 Å². The van der Waals surface area contributed by atoms with E-state index in [9.17, 15) is 8.42 Å². The normalized spacial score (nSPS) is 11.4. The van der Waals surface area contributed by atoms with Gasteiger partial charge in [-0.05, 0) is 37.3 Å². The van der Waals surface area contributed by atoms with Gasteiger partial charge in [0.05, 0.1) is 22.5 Å². The van der Waals surface area contributed by atoms with Crippen molar-refractivity contribution in [3.8, 4) is 0 Å². The van der Waals surface area contributed by atoms with E-state index in [1.54, 1.807) is 48.7 Å². The highest BCUT2D eigenvalue weighted by molar-refractivity contribution is 7.92. The van der Waals surface area contributed by atoms with Crippen LogP contribution in [0.1, 0.15) is 11.1 Å². The van der Waals surface area contributed by atoms with E-state index in [4.69, 9.17) is 0 Å². The molecule has 0 aliphatic heterocycles. The zero-order valence-electron chi connectivity index (χ0n) is 14.3. The van der Waals surface area contributed by atoms with Crippen LogP contribution < -0.4 is 10.1 Å². The van der Waals surface area contributed by atoms with Crippen molar-refractivity contribution in [1.82, 2.24) is 0 Å². The SMILES string of the molecule is Cc1ccc(S(=O)(=O)Nc2ccccc2C=NNc2ccccc2)cc1. The number of nitrogens with zero attached hydrogens (tertiary/aromatic N) is 1. The summed E-state index contributed by atoms with van der Waals surface area (Å²) in [6, 6.07) is 23.3. The van der Waals surface area contributed by atoms with Crippen LogP contribution in [0, 0.1) is 6.92 Å². The number of hydrogen-bond donors (Lipinski definition) is 2. The fourth-order valence-corrected chi connectivity index (χ4v) is 3.40. The number of anilines is 2. The molecule has 0 atom stereocenters. The molecule has 6 heteroatoms. The van der Waals surface area contributed by atoms with Crippen LogP contribution in [-0.2, 0) is 10.0 Å². The summed E-state index contributed by atoms with van der Waals surface area (Å²) in [4.78, 5) is 0.220. The largest absolute Gasteiger partial charge is 0.279 e. The third-order valence-electron chi connectivity index (χ3n) is 3.71. The fraction of sp³-hybridized carbons (Fsp3) is 0.0500. The predicted molar refractivity (Wildman–Crippen MR) is 106 cm³/mol. The molecule has 2 N–H and O–H groups in total. The molecule has 0 aliphatic carbocycles. The van der Waals surface area contributed by atoms with E-state index in [2.05, 4.69) is 15.2 Å². The standard InChI is InChI=1S/C20H19N3O2S/c1-16-11-13-19(14-12-16)26(24,25)23-20-10-6-5-7-17(20)15-21-22-18-8-3-2-4-9-18/h2-15,22-23H,1H3. The molecule has 0 aliphatic rings. The molecule has 0 heterocycles. The summed E-state index contributed by atoms with van der Waals surface area (Å²) in [5.74, 6) is 0. The Morgan fingerprint density at radius 3 is 2.23 bits per heavy atom. The minimum atomic E-state index is -3.66. The van der Waals surface area contributed by atoms with Gasteiger partial charge in [-0.15, -0.1) is 0 Å². The second-order valence-corrected chi connectivity index (χ2v) is 7.42. The van der Waals surface area contributed by atoms with Gasteiger partial charge < -0.3 is 0 Å². The lowest BCUT2D eigenvalue weighted by Crippen LogP contribution is -2.14. The molecule has 0 amide bonds.